The summed E-state index contributed by atoms with van der Waals surface area (Å²) >= 11 is 0. The Balaban J connectivity index is 1.57. The van der Waals surface area contributed by atoms with E-state index in [1.54, 1.807) is 0 Å². The lowest BCUT2D eigenvalue weighted by Gasteiger charge is -2.33. The quantitative estimate of drug-likeness (QED) is 0.671. The highest BCUT2D eigenvalue weighted by Gasteiger charge is 2.23. The topological polar surface area (TPSA) is 59.4 Å². The van der Waals surface area contributed by atoms with Crippen LogP contribution in [0.2, 0.25) is 0 Å². The van der Waals surface area contributed by atoms with E-state index >= 15 is 0 Å². The van der Waals surface area contributed by atoms with Crippen molar-refractivity contribution in [2.75, 3.05) is 39.3 Å². The van der Waals surface area contributed by atoms with Crippen LogP contribution in [0.1, 0.15) is 19.3 Å². The van der Waals surface area contributed by atoms with Gasteiger partial charge in [-0.3, -0.25) is 9.69 Å². The molecule has 94 valence electrons. The SMILES string of the molecule is N#CCN1CCN(CCC(=O)NC2CC2)CC1. The first-order valence-corrected chi connectivity index (χ1v) is 6.39. The van der Waals surface area contributed by atoms with Crippen LogP contribution in [0.3, 0.4) is 0 Å². The van der Waals surface area contributed by atoms with Crippen molar-refractivity contribution in [3.05, 3.63) is 0 Å². The molecule has 0 spiro atoms. The molecule has 1 saturated heterocycles. The van der Waals surface area contributed by atoms with Gasteiger partial charge >= 0.3 is 0 Å². The van der Waals surface area contributed by atoms with Gasteiger partial charge in [0.05, 0.1) is 12.6 Å². The van der Waals surface area contributed by atoms with E-state index in [0.717, 1.165) is 45.6 Å². The van der Waals surface area contributed by atoms with Gasteiger partial charge in [-0.1, -0.05) is 0 Å². The molecule has 1 heterocycles. The molecule has 1 amide bonds. The van der Waals surface area contributed by atoms with Crippen LogP contribution in [0.25, 0.3) is 0 Å². The van der Waals surface area contributed by atoms with Crippen molar-refractivity contribution in [2.24, 2.45) is 0 Å². The average Bonchev–Trinajstić information content (AvgIpc) is 3.12. The Morgan fingerprint density at radius 3 is 2.47 bits per heavy atom. The molecule has 2 fully saturated rings. The highest BCUT2D eigenvalue weighted by atomic mass is 16.1. The second-order valence-electron chi connectivity index (χ2n) is 4.87. The van der Waals surface area contributed by atoms with E-state index in [9.17, 15) is 4.79 Å². The van der Waals surface area contributed by atoms with Crippen LogP contribution >= 0.6 is 0 Å². The third kappa shape index (κ3) is 4.33. The lowest BCUT2D eigenvalue weighted by molar-refractivity contribution is -0.121. The highest BCUT2D eigenvalue weighted by molar-refractivity contribution is 5.76. The van der Waals surface area contributed by atoms with E-state index in [2.05, 4.69) is 21.2 Å². The number of rotatable bonds is 5. The van der Waals surface area contributed by atoms with Crippen LogP contribution in [0.15, 0.2) is 0 Å². The normalized spacial score (nSPS) is 22.1. The number of hydrogen-bond acceptors (Lipinski definition) is 4. The van der Waals surface area contributed by atoms with E-state index in [-0.39, 0.29) is 5.91 Å². The van der Waals surface area contributed by atoms with E-state index in [1.165, 1.54) is 0 Å². The summed E-state index contributed by atoms with van der Waals surface area (Å²) in [4.78, 5) is 16.0. The molecular weight excluding hydrogens is 216 g/mol. The zero-order valence-corrected chi connectivity index (χ0v) is 10.2. The largest absolute Gasteiger partial charge is 0.353 e. The zero-order chi connectivity index (χ0) is 12.1. The number of piperazine rings is 1. The minimum absolute atomic E-state index is 0.187. The third-order valence-electron chi connectivity index (χ3n) is 3.36. The van der Waals surface area contributed by atoms with Gasteiger partial charge in [0.1, 0.15) is 0 Å². The van der Waals surface area contributed by atoms with Gasteiger partial charge in [0.15, 0.2) is 0 Å². The smallest absolute Gasteiger partial charge is 0.221 e. The van der Waals surface area contributed by atoms with Crippen LogP contribution in [0.4, 0.5) is 0 Å². The van der Waals surface area contributed by atoms with Gasteiger partial charge in [0, 0.05) is 45.2 Å². The van der Waals surface area contributed by atoms with E-state index in [0.29, 0.717) is 19.0 Å². The molecule has 0 bridgehead atoms. The molecule has 5 heteroatoms. The molecule has 0 unspecified atom stereocenters. The van der Waals surface area contributed by atoms with Crippen molar-refractivity contribution in [3.63, 3.8) is 0 Å². The van der Waals surface area contributed by atoms with Crippen molar-refractivity contribution < 1.29 is 4.79 Å². The Hall–Kier alpha value is -1.12. The number of nitrogens with one attached hydrogen (secondary N) is 1. The maximum absolute atomic E-state index is 11.5. The summed E-state index contributed by atoms with van der Waals surface area (Å²) in [5, 5.41) is 11.6. The molecule has 1 N–H and O–H groups in total. The fraction of sp³-hybridized carbons (Fsp3) is 0.833. The molecule has 1 aliphatic carbocycles. The van der Waals surface area contributed by atoms with Crippen LogP contribution in [-0.4, -0.2) is 61.0 Å². The minimum Gasteiger partial charge on any atom is -0.353 e. The van der Waals surface area contributed by atoms with Crippen LogP contribution in [0, 0.1) is 11.3 Å². The van der Waals surface area contributed by atoms with Gasteiger partial charge in [-0.25, -0.2) is 0 Å². The van der Waals surface area contributed by atoms with Crippen molar-refractivity contribution >= 4 is 5.91 Å². The Morgan fingerprint density at radius 2 is 1.88 bits per heavy atom. The van der Waals surface area contributed by atoms with Gasteiger partial charge in [0.2, 0.25) is 5.91 Å². The lowest BCUT2D eigenvalue weighted by atomic mass is 10.3. The first kappa shape index (κ1) is 12.3. The fourth-order valence-corrected chi connectivity index (χ4v) is 2.06. The molecule has 0 aromatic carbocycles. The molecule has 0 aromatic rings. The number of carbonyl (C=O) groups is 1. The van der Waals surface area contributed by atoms with E-state index in [4.69, 9.17) is 5.26 Å². The van der Waals surface area contributed by atoms with Gasteiger partial charge in [-0.05, 0) is 12.8 Å². The summed E-state index contributed by atoms with van der Waals surface area (Å²) in [5.74, 6) is 0.187. The molecule has 1 aliphatic heterocycles. The molecule has 0 aromatic heterocycles. The predicted octanol–water partition coefficient (Wildman–Crippen LogP) is -0.204. The van der Waals surface area contributed by atoms with Crippen molar-refractivity contribution in [3.8, 4) is 6.07 Å². The molecule has 0 radical (unpaired) electrons. The second-order valence-corrected chi connectivity index (χ2v) is 4.87. The van der Waals surface area contributed by atoms with Crippen molar-refractivity contribution in [2.45, 2.75) is 25.3 Å². The highest BCUT2D eigenvalue weighted by Crippen LogP contribution is 2.18. The number of carbonyl (C=O) groups excluding carboxylic acids is 1. The summed E-state index contributed by atoms with van der Waals surface area (Å²) in [6.07, 6.45) is 2.91. The molecule has 1 saturated carbocycles. The van der Waals surface area contributed by atoms with Crippen molar-refractivity contribution in [1.82, 2.24) is 15.1 Å². The maximum Gasteiger partial charge on any atom is 0.221 e. The number of amides is 1. The second kappa shape index (κ2) is 5.99. The molecule has 17 heavy (non-hydrogen) atoms. The van der Waals surface area contributed by atoms with Crippen molar-refractivity contribution in [1.29, 1.82) is 5.26 Å². The first-order valence-electron chi connectivity index (χ1n) is 6.39. The number of hydrogen-bond donors (Lipinski definition) is 1. The number of nitriles is 1. The number of nitrogens with zero attached hydrogens (tertiary/aromatic N) is 3. The Kier molecular flexibility index (Phi) is 4.35. The first-order chi connectivity index (χ1) is 8.28. The monoisotopic (exact) mass is 236 g/mol. The molecule has 2 rings (SSSR count). The summed E-state index contributed by atoms with van der Waals surface area (Å²) in [6.45, 7) is 5.20. The molecule has 5 nitrogen and oxygen atoms in total. The van der Waals surface area contributed by atoms with E-state index in [1.807, 2.05) is 0 Å². The summed E-state index contributed by atoms with van der Waals surface area (Å²) in [7, 11) is 0. The van der Waals surface area contributed by atoms with Gasteiger partial charge in [0.25, 0.3) is 0 Å². The minimum atomic E-state index is 0.187. The van der Waals surface area contributed by atoms with Crippen LogP contribution < -0.4 is 5.32 Å². The summed E-state index contributed by atoms with van der Waals surface area (Å²) in [5.41, 5.74) is 0. The summed E-state index contributed by atoms with van der Waals surface area (Å²) in [6, 6.07) is 2.64. The third-order valence-corrected chi connectivity index (χ3v) is 3.36. The Bertz CT molecular complexity index is 300. The van der Waals surface area contributed by atoms with Gasteiger partial charge in [-0.15, -0.1) is 0 Å². The predicted molar refractivity (Wildman–Crippen MR) is 64.3 cm³/mol. The van der Waals surface area contributed by atoms with Crippen LogP contribution in [-0.2, 0) is 4.79 Å². The molecule has 0 atom stereocenters. The Labute approximate surface area is 102 Å². The Morgan fingerprint density at radius 1 is 1.24 bits per heavy atom. The maximum atomic E-state index is 11.5. The van der Waals surface area contributed by atoms with Gasteiger partial charge in [-0.2, -0.15) is 5.26 Å². The average molecular weight is 236 g/mol. The lowest BCUT2D eigenvalue weighted by Crippen LogP contribution is -2.47. The molecule has 2 aliphatic rings. The summed E-state index contributed by atoms with van der Waals surface area (Å²) < 4.78 is 0. The van der Waals surface area contributed by atoms with E-state index < -0.39 is 0 Å². The standard InChI is InChI=1S/C12H20N4O/c13-4-6-16-9-7-15(8-10-16)5-3-12(17)14-11-1-2-11/h11H,1-3,5-10H2,(H,14,17). The fourth-order valence-electron chi connectivity index (χ4n) is 2.06. The molecular formula is C12H20N4O. The zero-order valence-electron chi connectivity index (χ0n) is 10.2. The van der Waals surface area contributed by atoms with Crippen LogP contribution in [0.5, 0.6) is 0 Å². The van der Waals surface area contributed by atoms with Gasteiger partial charge < -0.3 is 10.2 Å².